The Hall–Kier alpha value is -4.67. The topological polar surface area (TPSA) is 87.5 Å². The van der Waals surface area contributed by atoms with Crippen LogP contribution in [0.4, 0.5) is 23.0 Å². The van der Waals surface area contributed by atoms with E-state index in [4.69, 9.17) is 14.7 Å². The van der Waals surface area contributed by atoms with Crippen LogP contribution < -0.4 is 20.3 Å². The van der Waals surface area contributed by atoms with Gasteiger partial charge in [0, 0.05) is 77.6 Å². The van der Waals surface area contributed by atoms with Crippen LogP contribution in [0.1, 0.15) is 18.9 Å². The van der Waals surface area contributed by atoms with Crippen molar-refractivity contribution in [3.8, 4) is 27.4 Å². The van der Waals surface area contributed by atoms with E-state index in [0.717, 1.165) is 53.6 Å². The average molecular weight is 632 g/mol. The summed E-state index contributed by atoms with van der Waals surface area (Å²) in [6.45, 7) is 7.73. The number of fused-ring (bicyclic) bond motifs is 2. The molecule has 46 heavy (non-hydrogen) atoms. The summed E-state index contributed by atoms with van der Waals surface area (Å²) in [5.41, 5.74) is 6.48. The van der Waals surface area contributed by atoms with Crippen molar-refractivity contribution < 1.29 is 9.53 Å². The summed E-state index contributed by atoms with van der Waals surface area (Å²) in [5.74, 6) is 2.05. The van der Waals surface area contributed by atoms with Crippen LogP contribution in [0.2, 0.25) is 0 Å². The van der Waals surface area contributed by atoms with Gasteiger partial charge in [0.1, 0.15) is 5.75 Å². The molecule has 2 atom stereocenters. The molecule has 3 aromatic heterocycles. The zero-order valence-electron chi connectivity index (χ0n) is 26.1. The van der Waals surface area contributed by atoms with Gasteiger partial charge in [0.05, 0.1) is 29.9 Å². The van der Waals surface area contributed by atoms with Crippen molar-refractivity contribution in [2.45, 2.75) is 18.9 Å². The van der Waals surface area contributed by atoms with Crippen molar-refractivity contribution in [1.82, 2.24) is 19.4 Å². The number of hydrogen-bond acceptors (Lipinski definition) is 8. The molecule has 5 heterocycles. The van der Waals surface area contributed by atoms with Gasteiger partial charge in [-0.25, -0.2) is 9.97 Å². The number of para-hydroxylation sites is 1. The van der Waals surface area contributed by atoms with Gasteiger partial charge in [-0.15, -0.1) is 11.3 Å². The lowest BCUT2D eigenvalue weighted by Gasteiger charge is -2.26. The minimum Gasteiger partial charge on any atom is -0.494 e. The molecular formula is C36H37N7O2S. The van der Waals surface area contributed by atoms with Gasteiger partial charge >= 0.3 is 0 Å². The molecule has 3 aliphatic rings. The third kappa shape index (κ3) is 5.21. The first-order chi connectivity index (χ1) is 22.5. The Morgan fingerprint density at radius 3 is 2.57 bits per heavy atom. The first-order valence-corrected chi connectivity index (χ1v) is 16.7. The number of anilines is 4. The molecule has 1 aliphatic carbocycles. The minimum absolute atomic E-state index is 0.262. The van der Waals surface area contributed by atoms with Gasteiger partial charge in [-0.05, 0) is 61.4 Å². The van der Waals surface area contributed by atoms with E-state index in [0.29, 0.717) is 41.0 Å². The molecule has 0 spiro atoms. The lowest BCUT2D eigenvalue weighted by atomic mass is 10.0. The SMILES string of the molecule is C=CC(=O)Nc1cc(Nc2ncc(-c3cccs3)c(-c3cn(C4CC4)c4ccccc34)n2)c(OC)cc1N1CC2CN(C)CC2C1. The molecule has 234 valence electrons. The summed E-state index contributed by atoms with van der Waals surface area (Å²) in [5, 5.41) is 9.74. The highest BCUT2D eigenvalue weighted by Gasteiger charge is 2.39. The molecule has 2 saturated heterocycles. The van der Waals surface area contributed by atoms with Crippen molar-refractivity contribution in [2.75, 3.05) is 55.9 Å². The Bertz CT molecular complexity index is 1930. The number of carbonyl (C=O) groups excluding carboxylic acids is 1. The summed E-state index contributed by atoms with van der Waals surface area (Å²) >= 11 is 1.68. The fourth-order valence-electron chi connectivity index (χ4n) is 7.23. The van der Waals surface area contributed by atoms with E-state index >= 15 is 0 Å². The van der Waals surface area contributed by atoms with E-state index in [9.17, 15) is 4.79 Å². The number of benzene rings is 2. The number of amides is 1. The normalized spacial score (nSPS) is 19.4. The highest BCUT2D eigenvalue weighted by atomic mass is 32.1. The molecule has 0 bridgehead atoms. The van der Waals surface area contributed by atoms with Crippen molar-refractivity contribution in [1.29, 1.82) is 0 Å². The predicted molar refractivity (Wildman–Crippen MR) is 186 cm³/mol. The summed E-state index contributed by atoms with van der Waals surface area (Å²) < 4.78 is 8.32. The number of nitrogens with zero attached hydrogens (tertiary/aromatic N) is 5. The maximum atomic E-state index is 12.6. The second-order valence-corrected chi connectivity index (χ2v) is 13.6. The van der Waals surface area contributed by atoms with E-state index in [1.165, 1.54) is 29.8 Å². The maximum Gasteiger partial charge on any atom is 0.247 e. The molecule has 1 saturated carbocycles. The van der Waals surface area contributed by atoms with Gasteiger partial charge in [0.25, 0.3) is 0 Å². The fraction of sp³-hybridized carbons (Fsp3) is 0.306. The van der Waals surface area contributed by atoms with E-state index in [-0.39, 0.29) is 5.91 Å². The van der Waals surface area contributed by atoms with Crippen molar-refractivity contribution in [3.63, 3.8) is 0 Å². The van der Waals surface area contributed by atoms with Gasteiger partial charge in [-0.3, -0.25) is 4.79 Å². The Morgan fingerprint density at radius 1 is 1.04 bits per heavy atom. The number of ether oxygens (including phenoxy) is 1. The number of likely N-dealkylation sites (tertiary alicyclic amines) is 1. The lowest BCUT2D eigenvalue weighted by Crippen LogP contribution is -2.27. The number of thiophene rings is 1. The largest absolute Gasteiger partial charge is 0.494 e. The molecule has 0 radical (unpaired) electrons. The Morgan fingerprint density at radius 2 is 1.85 bits per heavy atom. The molecule has 10 heteroatoms. The van der Waals surface area contributed by atoms with E-state index in [1.807, 2.05) is 18.3 Å². The summed E-state index contributed by atoms with van der Waals surface area (Å²) in [7, 11) is 3.85. The molecule has 2 unspecified atom stereocenters. The van der Waals surface area contributed by atoms with E-state index in [1.54, 1.807) is 18.4 Å². The van der Waals surface area contributed by atoms with Crippen molar-refractivity contribution in [2.24, 2.45) is 11.8 Å². The van der Waals surface area contributed by atoms with E-state index in [2.05, 4.69) is 86.6 Å². The molecule has 9 nitrogen and oxygen atoms in total. The number of hydrogen-bond donors (Lipinski definition) is 2. The van der Waals surface area contributed by atoms with Crippen LogP contribution in [0.15, 0.2) is 79.0 Å². The third-order valence-electron chi connectivity index (χ3n) is 9.53. The minimum atomic E-state index is -0.262. The summed E-state index contributed by atoms with van der Waals surface area (Å²) in [6, 6.07) is 17.2. The van der Waals surface area contributed by atoms with Gasteiger partial charge < -0.3 is 29.7 Å². The van der Waals surface area contributed by atoms with Crippen LogP contribution in [0, 0.1) is 11.8 Å². The standard InChI is InChI=1S/C36H37N7O2S/c1-4-34(44)38-28-14-29(32(45-3)15-31(28)42-19-22-17-41(2)18-23(22)20-42)39-36-37-16-26(33-10-7-13-46-33)35(40-36)27-21-43(24-11-12-24)30-9-6-5-8-25(27)30/h4-10,13-16,21-24H,1,11-12,17-20H2,2-3H3,(H,38,44)(H,37,39,40). The summed E-state index contributed by atoms with van der Waals surface area (Å²) in [6.07, 6.45) is 7.85. The van der Waals surface area contributed by atoms with Crippen molar-refractivity contribution in [3.05, 3.63) is 79.0 Å². The van der Waals surface area contributed by atoms with Crippen LogP contribution in [0.5, 0.6) is 5.75 Å². The molecule has 3 fully saturated rings. The van der Waals surface area contributed by atoms with Crippen LogP contribution in [0.3, 0.4) is 0 Å². The van der Waals surface area contributed by atoms with Crippen LogP contribution in [-0.4, -0.2) is 65.7 Å². The highest BCUT2D eigenvalue weighted by Crippen LogP contribution is 2.45. The number of rotatable bonds is 9. The van der Waals surface area contributed by atoms with Crippen LogP contribution in [-0.2, 0) is 4.79 Å². The molecule has 1 amide bonds. The number of nitrogens with one attached hydrogen (secondary N) is 2. The van der Waals surface area contributed by atoms with E-state index < -0.39 is 0 Å². The molecular weight excluding hydrogens is 595 g/mol. The first-order valence-electron chi connectivity index (χ1n) is 15.9. The van der Waals surface area contributed by atoms with Gasteiger partial charge in [-0.2, -0.15) is 0 Å². The fourth-order valence-corrected chi connectivity index (χ4v) is 7.97. The highest BCUT2D eigenvalue weighted by molar-refractivity contribution is 7.13. The number of carbonyl (C=O) groups is 1. The average Bonchev–Trinajstić information content (AvgIpc) is 3.36. The first kappa shape index (κ1) is 28.8. The second-order valence-electron chi connectivity index (χ2n) is 12.7. The molecule has 5 aromatic rings. The summed E-state index contributed by atoms with van der Waals surface area (Å²) in [4.78, 5) is 28.4. The Balaban J connectivity index is 1.20. The molecule has 2 aliphatic heterocycles. The third-order valence-corrected chi connectivity index (χ3v) is 10.4. The molecule has 8 rings (SSSR count). The second kappa shape index (κ2) is 11.6. The maximum absolute atomic E-state index is 12.6. The number of aromatic nitrogens is 3. The smallest absolute Gasteiger partial charge is 0.247 e. The van der Waals surface area contributed by atoms with Gasteiger partial charge in [0.2, 0.25) is 11.9 Å². The zero-order valence-corrected chi connectivity index (χ0v) is 26.9. The molecule has 2 aromatic carbocycles. The van der Waals surface area contributed by atoms with Crippen molar-refractivity contribution >= 4 is 51.2 Å². The van der Waals surface area contributed by atoms with Crippen LogP contribution >= 0.6 is 11.3 Å². The quantitative estimate of drug-likeness (QED) is 0.169. The monoisotopic (exact) mass is 631 g/mol. The lowest BCUT2D eigenvalue weighted by molar-refractivity contribution is -0.111. The predicted octanol–water partition coefficient (Wildman–Crippen LogP) is 7.04. The van der Waals surface area contributed by atoms with Gasteiger partial charge in [0.15, 0.2) is 0 Å². The van der Waals surface area contributed by atoms with Gasteiger partial charge in [-0.1, -0.05) is 30.8 Å². The molecule has 2 N–H and O–H groups in total. The Labute approximate surface area is 272 Å². The Kier molecular flexibility index (Phi) is 7.26. The zero-order chi connectivity index (χ0) is 31.4. The number of methoxy groups -OCH3 is 1. The van der Waals surface area contributed by atoms with Crippen LogP contribution in [0.25, 0.3) is 32.6 Å².